The van der Waals surface area contributed by atoms with Gasteiger partial charge in [-0.1, -0.05) is 121 Å². The van der Waals surface area contributed by atoms with E-state index in [2.05, 4.69) is 161 Å². The molecule has 4 heteroatoms. The zero-order valence-corrected chi connectivity index (χ0v) is 28.2. The summed E-state index contributed by atoms with van der Waals surface area (Å²) in [6.07, 6.45) is 0. The van der Waals surface area contributed by atoms with Gasteiger partial charge in [-0.3, -0.25) is 0 Å². The highest BCUT2D eigenvalue weighted by molar-refractivity contribution is 6.34. The van der Waals surface area contributed by atoms with E-state index in [0.29, 0.717) is 5.46 Å². The predicted octanol–water partition coefficient (Wildman–Crippen LogP) is 11.4. The number of phenols is 1. The molecular weight excluding hydrogens is 631 g/mol. The van der Waals surface area contributed by atoms with E-state index in [0.717, 1.165) is 88.4 Å². The number of hydrogen-bond donors (Lipinski definition) is 1. The van der Waals surface area contributed by atoms with E-state index in [9.17, 15) is 5.11 Å². The van der Waals surface area contributed by atoms with E-state index in [1.165, 1.54) is 0 Å². The van der Waals surface area contributed by atoms with Crippen molar-refractivity contribution < 1.29 is 5.11 Å². The third-order valence-corrected chi connectivity index (χ3v) is 10.3. The van der Waals surface area contributed by atoms with Gasteiger partial charge in [-0.25, -0.2) is 0 Å². The first-order chi connectivity index (χ1) is 25.6. The summed E-state index contributed by atoms with van der Waals surface area (Å²) in [7, 11) is 6.56. The Morgan fingerprint density at radius 3 is 1.44 bits per heavy atom. The van der Waals surface area contributed by atoms with Crippen molar-refractivity contribution in [1.82, 2.24) is 9.13 Å². The van der Waals surface area contributed by atoms with E-state index < -0.39 is 0 Å². The summed E-state index contributed by atoms with van der Waals surface area (Å²) in [4.78, 5) is 0. The lowest BCUT2D eigenvalue weighted by molar-refractivity contribution is 0.476. The van der Waals surface area contributed by atoms with E-state index in [1.807, 2.05) is 24.3 Å². The Bertz CT molecular complexity index is 2900. The number of rotatable bonds is 5. The van der Waals surface area contributed by atoms with Gasteiger partial charge in [0.05, 0.1) is 22.1 Å². The van der Waals surface area contributed by atoms with Crippen molar-refractivity contribution in [2.45, 2.75) is 0 Å². The summed E-state index contributed by atoms with van der Waals surface area (Å²) in [5, 5.41) is 15.1. The minimum Gasteiger partial charge on any atom is -0.508 e. The summed E-state index contributed by atoms with van der Waals surface area (Å²) in [6, 6.07) is 63.5. The molecule has 10 aromatic rings. The molecule has 0 bridgehead atoms. The molecule has 0 aliphatic carbocycles. The number of benzene rings is 8. The molecule has 0 spiro atoms. The van der Waals surface area contributed by atoms with Crippen LogP contribution in [0.4, 0.5) is 0 Å². The van der Waals surface area contributed by atoms with Gasteiger partial charge in [0.25, 0.3) is 0 Å². The zero-order valence-electron chi connectivity index (χ0n) is 28.2. The average molecular weight is 663 g/mol. The summed E-state index contributed by atoms with van der Waals surface area (Å²) >= 11 is 0. The summed E-state index contributed by atoms with van der Waals surface area (Å²) < 4.78 is 4.67. The Balaban J connectivity index is 1.30. The number of aromatic nitrogens is 2. The Kier molecular flexibility index (Phi) is 6.90. The highest BCUT2D eigenvalue weighted by atomic mass is 16.3. The molecule has 52 heavy (non-hydrogen) atoms. The normalized spacial score (nSPS) is 11.6. The van der Waals surface area contributed by atoms with Crippen molar-refractivity contribution in [1.29, 1.82) is 0 Å². The molecule has 2 aromatic heterocycles. The van der Waals surface area contributed by atoms with Crippen LogP contribution in [-0.2, 0) is 0 Å². The smallest absolute Gasteiger partial charge is 0.116 e. The molecule has 0 aliphatic heterocycles. The molecule has 8 aromatic carbocycles. The van der Waals surface area contributed by atoms with Crippen molar-refractivity contribution in [3.63, 3.8) is 0 Å². The maximum absolute atomic E-state index is 10.8. The molecule has 0 saturated heterocycles. The number of para-hydroxylation sites is 1. The van der Waals surface area contributed by atoms with Gasteiger partial charge >= 0.3 is 0 Å². The van der Waals surface area contributed by atoms with Gasteiger partial charge in [0.2, 0.25) is 0 Å². The molecule has 3 nitrogen and oxygen atoms in total. The number of phenolic OH excluding ortho intramolecular Hbond substituents is 1. The lowest BCUT2D eigenvalue weighted by Crippen LogP contribution is -2.01. The van der Waals surface area contributed by atoms with Crippen molar-refractivity contribution in [2.75, 3.05) is 0 Å². The predicted molar refractivity (Wildman–Crippen MR) is 218 cm³/mol. The minimum atomic E-state index is 0.240. The monoisotopic (exact) mass is 662 g/mol. The lowest BCUT2D eigenvalue weighted by Gasteiger charge is -2.14. The molecule has 0 atom stereocenters. The second-order valence-electron chi connectivity index (χ2n) is 13.4. The summed E-state index contributed by atoms with van der Waals surface area (Å²) in [6.45, 7) is 0. The van der Waals surface area contributed by atoms with Crippen molar-refractivity contribution >= 4 is 56.9 Å². The SMILES string of the molecule is [B]c1ccc2c(c1)c1c(-c3cccc4c3c3cc(O)ccc3n4-c3ccccc3)cccc1n2-c1cc(-c2ccccc2)cc(-c2ccccc2)c1. The van der Waals surface area contributed by atoms with E-state index in [4.69, 9.17) is 7.85 Å². The average Bonchev–Trinajstić information content (AvgIpc) is 3.71. The van der Waals surface area contributed by atoms with E-state index in [1.54, 1.807) is 6.07 Å². The molecule has 0 unspecified atom stereocenters. The van der Waals surface area contributed by atoms with Gasteiger partial charge in [-0.15, -0.1) is 0 Å². The molecule has 2 heterocycles. The fourth-order valence-corrected chi connectivity index (χ4v) is 8.06. The van der Waals surface area contributed by atoms with Gasteiger partial charge in [-0.05, 0) is 100 Å². The molecule has 0 fully saturated rings. The van der Waals surface area contributed by atoms with Crippen molar-refractivity contribution in [2.24, 2.45) is 0 Å². The van der Waals surface area contributed by atoms with Crippen LogP contribution in [0, 0.1) is 0 Å². The number of nitrogens with zero attached hydrogens (tertiary/aromatic N) is 2. The van der Waals surface area contributed by atoms with Crippen molar-refractivity contribution in [3.05, 3.63) is 182 Å². The summed E-state index contributed by atoms with van der Waals surface area (Å²) in [5.41, 5.74) is 14.0. The van der Waals surface area contributed by atoms with Crippen molar-refractivity contribution in [3.8, 4) is 50.5 Å². The Labute approximate surface area is 302 Å². The van der Waals surface area contributed by atoms with E-state index >= 15 is 0 Å². The molecule has 1 N–H and O–H groups in total. The Morgan fingerprint density at radius 1 is 0.365 bits per heavy atom. The van der Waals surface area contributed by atoms with Gasteiger partial charge in [0.15, 0.2) is 0 Å². The minimum absolute atomic E-state index is 0.240. The van der Waals surface area contributed by atoms with Gasteiger partial charge in [0.1, 0.15) is 13.6 Å². The first-order valence-corrected chi connectivity index (χ1v) is 17.5. The van der Waals surface area contributed by atoms with Gasteiger partial charge < -0.3 is 14.2 Å². The van der Waals surface area contributed by atoms with Crippen LogP contribution in [0.15, 0.2) is 182 Å². The number of fused-ring (bicyclic) bond motifs is 6. The van der Waals surface area contributed by atoms with E-state index in [-0.39, 0.29) is 5.75 Å². The quantitative estimate of drug-likeness (QED) is 0.183. The van der Waals surface area contributed by atoms with Crippen LogP contribution in [-0.4, -0.2) is 22.1 Å². The maximum Gasteiger partial charge on any atom is 0.116 e. The fourth-order valence-electron chi connectivity index (χ4n) is 8.06. The molecule has 2 radical (unpaired) electrons. The molecule has 242 valence electrons. The van der Waals surface area contributed by atoms with Crippen LogP contribution < -0.4 is 5.46 Å². The highest BCUT2D eigenvalue weighted by Gasteiger charge is 2.21. The largest absolute Gasteiger partial charge is 0.508 e. The summed E-state index contributed by atoms with van der Waals surface area (Å²) in [5.74, 6) is 0.240. The van der Waals surface area contributed by atoms with Crippen LogP contribution in [0.1, 0.15) is 0 Å². The Hall–Kier alpha value is -6.78. The third-order valence-electron chi connectivity index (χ3n) is 10.3. The van der Waals surface area contributed by atoms with Gasteiger partial charge in [-0.2, -0.15) is 0 Å². The third kappa shape index (κ3) is 4.76. The molecule has 0 amide bonds. The van der Waals surface area contributed by atoms with Gasteiger partial charge in [0, 0.05) is 32.9 Å². The van der Waals surface area contributed by atoms with Crippen LogP contribution >= 0.6 is 0 Å². The molecule has 0 aliphatic rings. The topological polar surface area (TPSA) is 30.1 Å². The first kappa shape index (κ1) is 30.1. The zero-order chi connectivity index (χ0) is 34.8. The van der Waals surface area contributed by atoms with Crippen LogP contribution in [0.5, 0.6) is 5.75 Å². The fraction of sp³-hybridized carbons (Fsp3) is 0. The first-order valence-electron chi connectivity index (χ1n) is 17.5. The highest BCUT2D eigenvalue weighted by Crippen LogP contribution is 2.45. The standard InChI is InChI=1S/C48H31BN2O/c49-35-22-24-43-41(29-35)47-39(40-19-10-20-45-48(40)42-30-38(52)23-25-44(42)50(45)36-16-8-3-9-17-36)18-11-21-46(47)51(43)37-27-33(31-12-4-1-5-13-31)26-34(28-37)32-14-6-2-7-15-32/h1-30,52H. The van der Waals surface area contributed by atoms with Crippen LogP contribution in [0.3, 0.4) is 0 Å². The van der Waals surface area contributed by atoms with Crippen LogP contribution in [0.2, 0.25) is 0 Å². The second-order valence-corrected chi connectivity index (χ2v) is 13.4. The molecular formula is C48H31BN2O. The second kappa shape index (κ2) is 11.9. The Morgan fingerprint density at radius 2 is 0.865 bits per heavy atom. The molecule has 10 rings (SSSR count). The van der Waals surface area contributed by atoms with Crippen LogP contribution in [0.25, 0.3) is 88.4 Å². The lowest BCUT2D eigenvalue weighted by atomic mass is 9.92. The number of aromatic hydroxyl groups is 1. The molecule has 0 saturated carbocycles. The maximum atomic E-state index is 10.8. The number of hydrogen-bond acceptors (Lipinski definition) is 1.